The van der Waals surface area contributed by atoms with Crippen molar-refractivity contribution < 1.29 is 9.90 Å². The van der Waals surface area contributed by atoms with Crippen molar-refractivity contribution in [3.63, 3.8) is 0 Å². The Hall–Kier alpha value is -0.570. The Morgan fingerprint density at radius 2 is 2.00 bits per heavy atom. The predicted octanol–water partition coefficient (Wildman–Crippen LogP) is 0.816. The molecule has 0 aromatic carbocycles. The Labute approximate surface area is 78.5 Å². The number of aliphatic hydroxyl groups is 1. The third-order valence-electron chi connectivity index (χ3n) is 3.42. The molecule has 3 heteroatoms. The van der Waals surface area contributed by atoms with Gasteiger partial charge in [-0.05, 0) is 31.1 Å². The summed E-state index contributed by atoms with van der Waals surface area (Å²) >= 11 is 0. The molecule has 0 aromatic heterocycles. The molecule has 1 unspecified atom stereocenters. The van der Waals surface area contributed by atoms with Crippen molar-refractivity contribution in [2.45, 2.75) is 51.2 Å². The monoisotopic (exact) mass is 183 g/mol. The highest BCUT2D eigenvalue weighted by Crippen LogP contribution is 2.45. The van der Waals surface area contributed by atoms with Gasteiger partial charge in [0.05, 0.1) is 0 Å². The molecule has 2 aliphatic carbocycles. The second-order valence-electron chi connectivity index (χ2n) is 5.10. The lowest BCUT2D eigenvalue weighted by Gasteiger charge is -2.34. The van der Waals surface area contributed by atoms with Gasteiger partial charge < -0.3 is 10.4 Å². The number of hydrogen-bond donors (Lipinski definition) is 2. The summed E-state index contributed by atoms with van der Waals surface area (Å²) in [7, 11) is 0. The second-order valence-corrected chi connectivity index (χ2v) is 5.10. The summed E-state index contributed by atoms with van der Waals surface area (Å²) < 4.78 is 0. The molecule has 0 heterocycles. The van der Waals surface area contributed by atoms with E-state index in [4.69, 9.17) is 0 Å². The van der Waals surface area contributed by atoms with Crippen LogP contribution in [0, 0.1) is 5.41 Å². The number of carbonyl (C=O) groups excluding carboxylic acids is 1. The maximum atomic E-state index is 11.5. The van der Waals surface area contributed by atoms with Crippen LogP contribution in [-0.2, 0) is 4.79 Å². The first kappa shape index (κ1) is 9.00. The van der Waals surface area contributed by atoms with E-state index in [0.29, 0.717) is 12.8 Å². The average molecular weight is 183 g/mol. The summed E-state index contributed by atoms with van der Waals surface area (Å²) in [6.07, 6.45) is 3.27. The minimum atomic E-state index is -1.03. The highest BCUT2D eigenvalue weighted by Gasteiger charge is 2.50. The third-order valence-corrected chi connectivity index (χ3v) is 3.42. The Kier molecular flexibility index (Phi) is 1.71. The van der Waals surface area contributed by atoms with Crippen LogP contribution in [0.4, 0.5) is 0 Å². The molecule has 2 N–H and O–H groups in total. The average Bonchev–Trinajstić information content (AvgIpc) is 2.53. The van der Waals surface area contributed by atoms with Gasteiger partial charge >= 0.3 is 0 Å². The standard InChI is InChI=1S/C10H17NO2/c1-9(2)6-7(9)11-8(12)10(13)4-3-5-10/h7,13H,3-6H2,1-2H3,(H,11,12). The number of carbonyl (C=O) groups is 1. The smallest absolute Gasteiger partial charge is 0.252 e. The van der Waals surface area contributed by atoms with Gasteiger partial charge in [-0.2, -0.15) is 0 Å². The van der Waals surface area contributed by atoms with E-state index in [-0.39, 0.29) is 17.4 Å². The Balaban J connectivity index is 1.86. The summed E-state index contributed by atoms with van der Waals surface area (Å²) in [5.41, 5.74) is -0.783. The van der Waals surface area contributed by atoms with Crippen LogP contribution in [-0.4, -0.2) is 22.7 Å². The fourth-order valence-electron chi connectivity index (χ4n) is 1.74. The minimum absolute atomic E-state index is 0.158. The van der Waals surface area contributed by atoms with Gasteiger partial charge in [-0.3, -0.25) is 4.79 Å². The van der Waals surface area contributed by atoms with E-state index < -0.39 is 5.60 Å². The molecular weight excluding hydrogens is 166 g/mol. The topological polar surface area (TPSA) is 49.3 Å². The van der Waals surface area contributed by atoms with Crippen LogP contribution in [0.15, 0.2) is 0 Å². The molecule has 2 rings (SSSR count). The SMILES string of the molecule is CC1(C)CC1NC(=O)C1(O)CCC1. The van der Waals surface area contributed by atoms with Crippen LogP contribution < -0.4 is 5.32 Å². The first-order valence-electron chi connectivity index (χ1n) is 4.97. The molecule has 0 aliphatic heterocycles. The molecule has 0 aromatic rings. The van der Waals surface area contributed by atoms with Crippen molar-refractivity contribution in [1.29, 1.82) is 0 Å². The molecule has 0 spiro atoms. The molecule has 2 saturated carbocycles. The van der Waals surface area contributed by atoms with E-state index in [0.717, 1.165) is 12.8 Å². The predicted molar refractivity (Wildman–Crippen MR) is 49.1 cm³/mol. The molecule has 1 amide bonds. The molecule has 74 valence electrons. The highest BCUT2D eigenvalue weighted by molar-refractivity contribution is 5.86. The summed E-state index contributed by atoms with van der Waals surface area (Å²) in [4.78, 5) is 11.5. The van der Waals surface area contributed by atoms with Gasteiger partial charge in [-0.25, -0.2) is 0 Å². The Bertz CT molecular complexity index is 243. The summed E-state index contributed by atoms with van der Waals surface area (Å²) in [5.74, 6) is -0.158. The van der Waals surface area contributed by atoms with Crippen molar-refractivity contribution in [3.05, 3.63) is 0 Å². The van der Waals surface area contributed by atoms with Crippen molar-refractivity contribution in [3.8, 4) is 0 Å². The van der Waals surface area contributed by atoms with Gasteiger partial charge in [0.15, 0.2) is 0 Å². The quantitative estimate of drug-likeness (QED) is 0.665. The molecule has 13 heavy (non-hydrogen) atoms. The van der Waals surface area contributed by atoms with Gasteiger partial charge in [0, 0.05) is 6.04 Å². The van der Waals surface area contributed by atoms with E-state index in [1.807, 2.05) is 0 Å². The number of hydrogen-bond acceptors (Lipinski definition) is 2. The Morgan fingerprint density at radius 3 is 2.31 bits per heavy atom. The number of amides is 1. The van der Waals surface area contributed by atoms with E-state index in [9.17, 15) is 9.90 Å². The zero-order valence-electron chi connectivity index (χ0n) is 8.26. The van der Waals surface area contributed by atoms with Crippen molar-refractivity contribution in [1.82, 2.24) is 5.32 Å². The molecule has 2 fully saturated rings. The van der Waals surface area contributed by atoms with Crippen molar-refractivity contribution in [2.75, 3.05) is 0 Å². The summed E-state index contributed by atoms with van der Waals surface area (Å²) in [6.45, 7) is 4.26. The van der Waals surface area contributed by atoms with Gasteiger partial charge in [0.2, 0.25) is 0 Å². The summed E-state index contributed by atoms with van der Waals surface area (Å²) in [6, 6.07) is 0.282. The van der Waals surface area contributed by atoms with Crippen molar-refractivity contribution >= 4 is 5.91 Å². The fourth-order valence-corrected chi connectivity index (χ4v) is 1.74. The lowest BCUT2D eigenvalue weighted by Crippen LogP contribution is -2.52. The zero-order valence-corrected chi connectivity index (χ0v) is 8.26. The van der Waals surface area contributed by atoms with E-state index in [1.54, 1.807) is 0 Å². The zero-order chi connectivity index (χ0) is 9.69. The van der Waals surface area contributed by atoms with Gasteiger partial charge in [0.1, 0.15) is 5.60 Å². The normalized spacial score (nSPS) is 33.3. The maximum Gasteiger partial charge on any atom is 0.252 e. The fraction of sp³-hybridized carbons (Fsp3) is 0.900. The van der Waals surface area contributed by atoms with Gasteiger partial charge in [-0.1, -0.05) is 13.8 Å². The lowest BCUT2D eigenvalue weighted by molar-refractivity contribution is -0.148. The van der Waals surface area contributed by atoms with Crippen LogP contribution in [0.5, 0.6) is 0 Å². The molecule has 2 aliphatic rings. The maximum absolute atomic E-state index is 11.5. The van der Waals surface area contributed by atoms with E-state index in [2.05, 4.69) is 19.2 Å². The number of nitrogens with one attached hydrogen (secondary N) is 1. The Morgan fingerprint density at radius 1 is 1.46 bits per heavy atom. The minimum Gasteiger partial charge on any atom is -0.380 e. The number of rotatable bonds is 2. The van der Waals surface area contributed by atoms with Crippen LogP contribution in [0.2, 0.25) is 0 Å². The lowest BCUT2D eigenvalue weighted by atomic mass is 9.79. The molecule has 1 atom stereocenters. The van der Waals surface area contributed by atoms with Crippen LogP contribution in [0.25, 0.3) is 0 Å². The van der Waals surface area contributed by atoms with Gasteiger partial charge in [-0.15, -0.1) is 0 Å². The third kappa shape index (κ3) is 1.46. The molecule has 0 bridgehead atoms. The van der Waals surface area contributed by atoms with Crippen LogP contribution in [0.1, 0.15) is 39.5 Å². The molecule has 0 radical (unpaired) electrons. The molecule has 0 saturated heterocycles. The summed E-state index contributed by atoms with van der Waals surface area (Å²) in [5, 5.41) is 12.6. The van der Waals surface area contributed by atoms with Crippen molar-refractivity contribution in [2.24, 2.45) is 5.41 Å². The van der Waals surface area contributed by atoms with Crippen LogP contribution >= 0.6 is 0 Å². The first-order valence-corrected chi connectivity index (χ1v) is 4.97. The highest BCUT2D eigenvalue weighted by atomic mass is 16.3. The van der Waals surface area contributed by atoms with E-state index >= 15 is 0 Å². The van der Waals surface area contributed by atoms with Crippen LogP contribution in [0.3, 0.4) is 0 Å². The second kappa shape index (κ2) is 2.47. The molecular formula is C10H17NO2. The largest absolute Gasteiger partial charge is 0.380 e. The van der Waals surface area contributed by atoms with Gasteiger partial charge in [0.25, 0.3) is 5.91 Å². The first-order chi connectivity index (χ1) is 5.94. The van der Waals surface area contributed by atoms with E-state index in [1.165, 1.54) is 0 Å². The molecule has 3 nitrogen and oxygen atoms in total.